The number of methoxy groups -OCH3 is 1. The van der Waals surface area contributed by atoms with Gasteiger partial charge in [0.05, 0.1) is 24.6 Å². The Balaban J connectivity index is 1.31. The van der Waals surface area contributed by atoms with Gasteiger partial charge in [-0.1, -0.05) is 17.3 Å². The monoisotopic (exact) mass is 420 g/mol. The number of hydrogen-bond donors (Lipinski definition) is 0. The van der Waals surface area contributed by atoms with E-state index in [9.17, 15) is 9.59 Å². The molecular formula is C23H24N4O4. The van der Waals surface area contributed by atoms with Crippen molar-refractivity contribution in [2.75, 3.05) is 20.2 Å². The lowest BCUT2D eigenvalue weighted by Crippen LogP contribution is -2.53. The van der Waals surface area contributed by atoms with E-state index in [1.165, 1.54) is 0 Å². The predicted octanol–water partition coefficient (Wildman–Crippen LogP) is 3.03. The fourth-order valence-corrected chi connectivity index (χ4v) is 4.56. The normalized spacial score (nSPS) is 18.5. The zero-order valence-corrected chi connectivity index (χ0v) is 17.6. The van der Waals surface area contributed by atoms with Crippen molar-refractivity contribution in [3.05, 3.63) is 48.0 Å². The molecule has 1 saturated heterocycles. The summed E-state index contributed by atoms with van der Waals surface area (Å²) in [4.78, 5) is 27.7. The molecule has 2 aliphatic heterocycles. The molecule has 1 aromatic heterocycles. The van der Waals surface area contributed by atoms with Gasteiger partial charge in [-0.15, -0.1) is 5.10 Å². The van der Waals surface area contributed by atoms with E-state index in [2.05, 4.69) is 10.3 Å². The fraction of sp³-hybridized carbons (Fsp3) is 0.391. The Hall–Kier alpha value is -3.42. The van der Waals surface area contributed by atoms with Crippen LogP contribution in [0, 0.1) is 0 Å². The second-order valence-corrected chi connectivity index (χ2v) is 8.27. The average Bonchev–Trinajstić information content (AvgIpc) is 3.22. The van der Waals surface area contributed by atoms with Crippen molar-refractivity contribution in [3.63, 3.8) is 0 Å². The average molecular weight is 420 g/mol. The summed E-state index contributed by atoms with van der Waals surface area (Å²) in [5.41, 5.74) is 1.62. The predicted molar refractivity (Wildman–Crippen MR) is 113 cm³/mol. The molecule has 0 radical (unpaired) electrons. The van der Waals surface area contributed by atoms with Gasteiger partial charge in [-0.2, -0.15) is 0 Å². The van der Waals surface area contributed by atoms with Crippen LogP contribution in [0.2, 0.25) is 0 Å². The molecule has 1 spiro atoms. The van der Waals surface area contributed by atoms with Gasteiger partial charge in [-0.05, 0) is 31.2 Å². The highest BCUT2D eigenvalue weighted by atomic mass is 16.5. The quantitative estimate of drug-likeness (QED) is 0.647. The van der Waals surface area contributed by atoms with E-state index in [4.69, 9.17) is 9.47 Å². The third-order valence-corrected chi connectivity index (χ3v) is 6.39. The van der Waals surface area contributed by atoms with Crippen molar-refractivity contribution in [2.45, 2.75) is 37.8 Å². The first kappa shape index (κ1) is 19.5. The first-order chi connectivity index (χ1) is 15.0. The van der Waals surface area contributed by atoms with E-state index in [0.29, 0.717) is 49.4 Å². The van der Waals surface area contributed by atoms with Gasteiger partial charge in [0, 0.05) is 32.0 Å². The van der Waals surface area contributed by atoms with Crippen LogP contribution < -0.4 is 9.47 Å². The van der Waals surface area contributed by atoms with Crippen molar-refractivity contribution >= 4 is 22.7 Å². The number of piperidine rings is 1. The van der Waals surface area contributed by atoms with Gasteiger partial charge in [0.15, 0.2) is 5.78 Å². The van der Waals surface area contributed by atoms with Crippen LogP contribution in [0.25, 0.3) is 11.0 Å². The Morgan fingerprint density at radius 1 is 1.19 bits per heavy atom. The topological polar surface area (TPSA) is 86.6 Å². The van der Waals surface area contributed by atoms with Gasteiger partial charge < -0.3 is 14.4 Å². The summed E-state index contributed by atoms with van der Waals surface area (Å²) < 4.78 is 13.3. The number of carbonyl (C=O) groups excluding carboxylic acids is 2. The number of likely N-dealkylation sites (tertiary alicyclic amines) is 1. The van der Waals surface area contributed by atoms with Gasteiger partial charge in [0.1, 0.15) is 28.7 Å². The van der Waals surface area contributed by atoms with E-state index in [-0.39, 0.29) is 11.7 Å². The maximum absolute atomic E-state index is 13.2. The number of rotatable bonds is 3. The zero-order chi connectivity index (χ0) is 21.6. The number of nitrogens with zero attached hydrogens (tertiary/aromatic N) is 4. The van der Waals surface area contributed by atoms with Crippen LogP contribution in [0.5, 0.6) is 11.5 Å². The van der Waals surface area contributed by atoms with Crippen molar-refractivity contribution in [1.29, 1.82) is 0 Å². The van der Waals surface area contributed by atoms with Gasteiger partial charge in [-0.3, -0.25) is 9.59 Å². The molecule has 3 heterocycles. The Morgan fingerprint density at radius 2 is 1.97 bits per heavy atom. The zero-order valence-electron chi connectivity index (χ0n) is 17.6. The molecule has 1 atom stereocenters. The SMILES string of the molecule is COc1ccc2c(c1)OC1(CCN(C(=O)C(C)n3nnc4ccccc43)CC1)CC2=O. The van der Waals surface area contributed by atoms with Gasteiger partial charge in [0.25, 0.3) is 0 Å². The third kappa shape index (κ3) is 3.32. The summed E-state index contributed by atoms with van der Waals surface area (Å²) in [6.07, 6.45) is 1.54. The van der Waals surface area contributed by atoms with Crippen LogP contribution in [-0.2, 0) is 4.79 Å². The molecule has 0 aliphatic carbocycles. The molecule has 2 aliphatic rings. The Labute approximate surface area is 179 Å². The summed E-state index contributed by atoms with van der Waals surface area (Å²) in [6.45, 7) is 2.90. The van der Waals surface area contributed by atoms with Crippen molar-refractivity contribution in [3.8, 4) is 11.5 Å². The standard InChI is InChI=1S/C23H24N4O4/c1-15(27-19-6-4-3-5-18(19)24-25-27)22(29)26-11-9-23(10-12-26)14-20(28)17-8-7-16(30-2)13-21(17)31-23/h3-8,13,15H,9-12,14H2,1-2H3. The lowest BCUT2D eigenvalue weighted by Gasteiger charge is -2.44. The maximum atomic E-state index is 13.2. The van der Waals surface area contributed by atoms with Crippen LogP contribution in [0.1, 0.15) is 42.6 Å². The smallest absolute Gasteiger partial charge is 0.247 e. The number of hydrogen-bond acceptors (Lipinski definition) is 6. The number of amides is 1. The summed E-state index contributed by atoms with van der Waals surface area (Å²) in [7, 11) is 1.59. The summed E-state index contributed by atoms with van der Waals surface area (Å²) in [5, 5.41) is 8.34. The number of Topliss-reactive ketones (excluding diaryl/α,β-unsaturated/α-hetero) is 1. The minimum Gasteiger partial charge on any atom is -0.497 e. The largest absolute Gasteiger partial charge is 0.497 e. The Morgan fingerprint density at radius 3 is 2.74 bits per heavy atom. The Kier molecular flexibility index (Phi) is 4.64. The lowest BCUT2D eigenvalue weighted by molar-refractivity contribution is -0.138. The van der Waals surface area contributed by atoms with Crippen molar-refractivity contribution in [1.82, 2.24) is 19.9 Å². The number of benzene rings is 2. The highest BCUT2D eigenvalue weighted by Gasteiger charge is 2.44. The molecule has 1 amide bonds. The van der Waals surface area contributed by atoms with E-state index >= 15 is 0 Å². The number of aromatic nitrogens is 3. The summed E-state index contributed by atoms with van der Waals surface area (Å²) >= 11 is 0. The van der Waals surface area contributed by atoms with Gasteiger partial charge >= 0.3 is 0 Å². The minimum atomic E-state index is -0.573. The van der Waals surface area contributed by atoms with Crippen LogP contribution in [0.3, 0.4) is 0 Å². The molecule has 2 aromatic carbocycles. The summed E-state index contributed by atoms with van der Waals surface area (Å²) in [5.74, 6) is 1.30. The highest BCUT2D eigenvalue weighted by Crippen LogP contribution is 2.41. The summed E-state index contributed by atoms with van der Waals surface area (Å²) in [6, 6.07) is 12.4. The number of para-hydroxylation sites is 1. The molecule has 0 N–H and O–H groups in total. The fourth-order valence-electron chi connectivity index (χ4n) is 4.56. The molecule has 0 bridgehead atoms. The molecule has 8 heteroatoms. The van der Waals surface area contributed by atoms with Crippen LogP contribution >= 0.6 is 0 Å². The molecule has 0 saturated carbocycles. The molecule has 5 rings (SSSR count). The minimum absolute atomic E-state index is 0.00490. The van der Waals surface area contributed by atoms with Crippen LogP contribution in [0.4, 0.5) is 0 Å². The molecule has 1 fully saturated rings. The van der Waals surface area contributed by atoms with Gasteiger partial charge in [0.2, 0.25) is 5.91 Å². The van der Waals surface area contributed by atoms with Crippen LogP contribution in [0.15, 0.2) is 42.5 Å². The molecule has 1 unspecified atom stereocenters. The van der Waals surface area contributed by atoms with E-state index < -0.39 is 11.6 Å². The molecule has 3 aromatic rings. The Bertz CT molecular complexity index is 1160. The van der Waals surface area contributed by atoms with Crippen molar-refractivity contribution < 1.29 is 19.1 Å². The van der Waals surface area contributed by atoms with E-state index in [1.54, 1.807) is 30.0 Å². The third-order valence-electron chi connectivity index (χ3n) is 6.39. The highest BCUT2D eigenvalue weighted by molar-refractivity contribution is 6.00. The second-order valence-electron chi connectivity index (χ2n) is 8.27. The first-order valence-corrected chi connectivity index (χ1v) is 10.5. The molecule has 31 heavy (non-hydrogen) atoms. The van der Waals surface area contributed by atoms with E-state index in [1.807, 2.05) is 36.1 Å². The van der Waals surface area contributed by atoms with E-state index in [0.717, 1.165) is 11.0 Å². The molecule has 160 valence electrons. The second kappa shape index (κ2) is 7.37. The van der Waals surface area contributed by atoms with Gasteiger partial charge in [-0.25, -0.2) is 4.68 Å². The van der Waals surface area contributed by atoms with Crippen LogP contribution in [-0.4, -0.2) is 57.4 Å². The molecule has 8 nitrogen and oxygen atoms in total. The maximum Gasteiger partial charge on any atom is 0.247 e. The molecular weight excluding hydrogens is 396 g/mol. The first-order valence-electron chi connectivity index (χ1n) is 10.5. The number of ether oxygens (including phenoxy) is 2. The number of carbonyl (C=O) groups is 2. The number of fused-ring (bicyclic) bond motifs is 2. The lowest BCUT2D eigenvalue weighted by atomic mass is 9.82. The number of ketones is 1. The van der Waals surface area contributed by atoms with Crippen molar-refractivity contribution in [2.24, 2.45) is 0 Å².